The average molecular weight is 422 g/mol. The van der Waals surface area contributed by atoms with Gasteiger partial charge in [0.2, 0.25) is 0 Å². The Kier molecular flexibility index (Phi) is 7.08. The lowest BCUT2D eigenvalue weighted by atomic mass is 9.96. The van der Waals surface area contributed by atoms with Crippen molar-refractivity contribution in [2.75, 3.05) is 6.54 Å². The lowest BCUT2D eigenvalue weighted by Crippen LogP contribution is -2.47. The molecule has 1 aliphatic heterocycles. The molecule has 0 saturated carbocycles. The first-order chi connectivity index (χ1) is 12.7. The Labute approximate surface area is 165 Å². The van der Waals surface area contributed by atoms with Gasteiger partial charge >= 0.3 is 6.18 Å². The van der Waals surface area contributed by atoms with Gasteiger partial charge in [-0.15, -0.1) is 12.4 Å². The number of hydrogen-bond donors (Lipinski definition) is 3. The number of alkyl halides is 3. The average Bonchev–Trinajstić information content (AvgIpc) is 2.59. The van der Waals surface area contributed by atoms with Gasteiger partial charge in [0.15, 0.2) is 0 Å². The molecule has 3 atom stereocenters. The van der Waals surface area contributed by atoms with E-state index < -0.39 is 29.5 Å². The zero-order valence-electron chi connectivity index (χ0n) is 15.2. The molecule has 1 aromatic carbocycles. The van der Waals surface area contributed by atoms with Gasteiger partial charge in [0.25, 0.3) is 5.56 Å². The minimum absolute atomic E-state index is 0. The second kappa shape index (κ2) is 8.77. The molecule has 0 radical (unpaired) electrons. The van der Waals surface area contributed by atoms with E-state index in [0.717, 1.165) is 29.7 Å². The Bertz CT molecular complexity index is 888. The van der Waals surface area contributed by atoms with Crippen LogP contribution in [0.3, 0.4) is 0 Å². The van der Waals surface area contributed by atoms with Crippen molar-refractivity contribution < 1.29 is 23.4 Å². The SMILES string of the molecule is Cc1cc(C(F)(F)F)cc2c(=O)n(C[C@@H](O)C[C@H]3NCCC[C@@H]3O)cnc12.Cl. The molecule has 3 N–H and O–H groups in total. The first kappa shape index (κ1) is 22.6. The number of aromatic nitrogens is 2. The highest BCUT2D eigenvalue weighted by Crippen LogP contribution is 2.31. The number of hydrogen-bond acceptors (Lipinski definition) is 5. The molecular formula is C18H23ClF3N3O3. The number of aliphatic hydroxyl groups excluding tert-OH is 2. The second-order valence-electron chi connectivity index (χ2n) is 7.05. The van der Waals surface area contributed by atoms with Gasteiger partial charge in [-0.05, 0) is 50.4 Å². The number of fused-ring (bicyclic) bond motifs is 1. The van der Waals surface area contributed by atoms with Gasteiger partial charge in [0.1, 0.15) is 0 Å². The van der Waals surface area contributed by atoms with Crippen LogP contribution in [-0.4, -0.2) is 44.6 Å². The summed E-state index contributed by atoms with van der Waals surface area (Å²) >= 11 is 0. The maximum absolute atomic E-state index is 13.0. The van der Waals surface area contributed by atoms with Crippen molar-refractivity contribution in [2.45, 2.75) is 57.2 Å². The highest BCUT2D eigenvalue weighted by molar-refractivity contribution is 5.85. The highest BCUT2D eigenvalue weighted by atomic mass is 35.5. The van der Waals surface area contributed by atoms with Crippen molar-refractivity contribution in [3.8, 4) is 0 Å². The first-order valence-electron chi connectivity index (χ1n) is 8.83. The maximum atomic E-state index is 13.0. The Morgan fingerprint density at radius 3 is 2.75 bits per heavy atom. The molecule has 2 aromatic rings. The quantitative estimate of drug-likeness (QED) is 0.703. The number of halogens is 4. The Morgan fingerprint density at radius 1 is 1.39 bits per heavy atom. The fourth-order valence-corrected chi connectivity index (χ4v) is 3.51. The molecule has 0 amide bonds. The number of nitrogens with zero attached hydrogens (tertiary/aromatic N) is 2. The van der Waals surface area contributed by atoms with Gasteiger partial charge in [0, 0.05) is 6.04 Å². The number of rotatable bonds is 4. The van der Waals surface area contributed by atoms with Crippen LogP contribution in [0.25, 0.3) is 10.9 Å². The Hall–Kier alpha value is -1.68. The predicted octanol–water partition coefficient (Wildman–Crippen LogP) is 2.01. The molecule has 10 heteroatoms. The summed E-state index contributed by atoms with van der Waals surface area (Å²) in [5.41, 5.74) is -1.06. The van der Waals surface area contributed by atoms with Crippen LogP contribution in [0.4, 0.5) is 13.2 Å². The summed E-state index contributed by atoms with van der Waals surface area (Å²) < 4.78 is 40.2. The molecule has 156 valence electrons. The van der Waals surface area contributed by atoms with Crippen LogP contribution in [0.5, 0.6) is 0 Å². The van der Waals surface area contributed by atoms with Gasteiger partial charge in [-0.25, -0.2) is 4.98 Å². The topological polar surface area (TPSA) is 87.4 Å². The summed E-state index contributed by atoms with van der Waals surface area (Å²) in [5.74, 6) is 0. The largest absolute Gasteiger partial charge is 0.416 e. The third-order valence-electron chi connectivity index (χ3n) is 4.93. The molecule has 1 aliphatic rings. The van der Waals surface area contributed by atoms with Crippen LogP contribution in [0.1, 0.15) is 30.4 Å². The molecule has 0 bridgehead atoms. The zero-order valence-corrected chi connectivity index (χ0v) is 16.1. The normalized spacial score (nSPS) is 21.4. The van der Waals surface area contributed by atoms with Crippen LogP contribution in [0.15, 0.2) is 23.3 Å². The van der Waals surface area contributed by atoms with E-state index in [-0.39, 0.29) is 47.9 Å². The number of benzene rings is 1. The molecule has 6 nitrogen and oxygen atoms in total. The van der Waals surface area contributed by atoms with Crippen LogP contribution in [0, 0.1) is 6.92 Å². The minimum Gasteiger partial charge on any atom is -0.392 e. The number of aliphatic hydroxyl groups is 2. The smallest absolute Gasteiger partial charge is 0.392 e. The monoisotopic (exact) mass is 421 g/mol. The summed E-state index contributed by atoms with van der Waals surface area (Å²) in [5, 5.41) is 23.2. The van der Waals surface area contributed by atoms with E-state index in [1.54, 1.807) is 0 Å². The van der Waals surface area contributed by atoms with Crippen molar-refractivity contribution in [3.05, 3.63) is 39.9 Å². The molecule has 1 fully saturated rings. The molecule has 3 rings (SSSR count). The van der Waals surface area contributed by atoms with E-state index in [4.69, 9.17) is 0 Å². The van der Waals surface area contributed by atoms with Gasteiger partial charge in [-0.3, -0.25) is 9.36 Å². The van der Waals surface area contributed by atoms with E-state index in [2.05, 4.69) is 10.3 Å². The first-order valence-corrected chi connectivity index (χ1v) is 8.83. The molecule has 2 heterocycles. The third-order valence-corrected chi connectivity index (χ3v) is 4.93. The number of nitrogens with one attached hydrogen (secondary N) is 1. The summed E-state index contributed by atoms with van der Waals surface area (Å²) in [4.78, 5) is 16.7. The highest BCUT2D eigenvalue weighted by Gasteiger charge is 2.31. The fraction of sp³-hybridized carbons (Fsp3) is 0.556. The van der Waals surface area contributed by atoms with Gasteiger partial charge in [0.05, 0.1) is 41.5 Å². The number of piperidine rings is 1. The van der Waals surface area contributed by atoms with E-state index in [9.17, 15) is 28.2 Å². The standard InChI is InChI=1S/C18H22F3N3O3.ClH/c1-10-5-11(18(19,20)21)6-13-16(10)23-9-24(17(13)27)8-12(25)7-14-15(26)3-2-4-22-14;/h5-6,9,12,14-15,22,25-26H,2-4,7-8H2,1H3;1H/t12-,14+,15-;/m0./s1. The van der Waals surface area contributed by atoms with Crippen LogP contribution >= 0.6 is 12.4 Å². The van der Waals surface area contributed by atoms with E-state index in [1.165, 1.54) is 13.3 Å². The summed E-state index contributed by atoms with van der Waals surface area (Å²) in [6, 6.07) is 1.48. The van der Waals surface area contributed by atoms with Gasteiger partial charge in [-0.2, -0.15) is 13.2 Å². The summed E-state index contributed by atoms with van der Waals surface area (Å²) in [6.45, 7) is 2.10. The maximum Gasteiger partial charge on any atom is 0.416 e. The van der Waals surface area contributed by atoms with Gasteiger partial charge < -0.3 is 15.5 Å². The van der Waals surface area contributed by atoms with Gasteiger partial charge in [-0.1, -0.05) is 0 Å². The van der Waals surface area contributed by atoms with Crippen molar-refractivity contribution in [1.82, 2.24) is 14.9 Å². The molecule has 0 unspecified atom stereocenters. The summed E-state index contributed by atoms with van der Waals surface area (Å²) in [7, 11) is 0. The van der Waals surface area contributed by atoms with Crippen molar-refractivity contribution in [3.63, 3.8) is 0 Å². The minimum atomic E-state index is -4.56. The van der Waals surface area contributed by atoms with Crippen molar-refractivity contribution in [1.29, 1.82) is 0 Å². The molecule has 1 saturated heterocycles. The lowest BCUT2D eigenvalue weighted by Gasteiger charge is -2.30. The van der Waals surface area contributed by atoms with E-state index >= 15 is 0 Å². The zero-order chi connectivity index (χ0) is 19.8. The Balaban J connectivity index is 0.00000280. The van der Waals surface area contributed by atoms with E-state index in [1.807, 2.05) is 0 Å². The second-order valence-corrected chi connectivity index (χ2v) is 7.05. The van der Waals surface area contributed by atoms with E-state index in [0.29, 0.717) is 6.42 Å². The van der Waals surface area contributed by atoms with Crippen LogP contribution < -0.4 is 10.9 Å². The lowest BCUT2D eigenvalue weighted by molar-refractivity contribution is -0.137. The third kappa shape index (κ3) is 4.83. The summed E-state index contributed by atoms with van der Waals surface area (Å²) in [6.07, 6.45) is -3.12. The molecule has 28 heavy (non-hydrogen) atoms. The van der Waals surface area contributed by atoms with Crippen molar-refractivity contribution in [2.24, 2.45) is 0 Å². The molecule has 1 aromatic heterocycles. The van der Waals surface area contributed by atoms with Crippen LogP contribution in [-0.2, 0) is 12.7 Å². The molecule has 0 spiro atoms. The predicted molar refractivity (Wildman–Crippen MR) is 101 cm³/mol. The molecular weight excluding hydrogens is 399 g/mol. The van der Waals surface area contributed by atoms with Crippen LogP contribution in [0.2, 0.25) is 0 Å². The Morgan fingerprint density at radius 2 is 2.11 bits per heavy atom. The van der Waals surface area contributed by atoms with Crippen molar-refractivity contribution >= 4 is 23.3 Å². The number of aryl methyl sites for hydroxylation is 1. The fourth-order valence-electron chi connectivity index (χ4n) is 3.51. The molecule has 0 aliphatic carbocycles.